The van der Waals surface area contributed by atoms with E-state index >= 15 is 0 Å². The van der Waals surface area contributed by atoms with Crippen LogP contribution in [0.4, 0.5) is 11.4 Å². The van der Waals surface area contributed by atoms with E-state index in [-0.39, 0.29) is 11.6 Å². The van der Waals surface area contributed by atoms with Crippen molar-refractivity contribution >= 4 is 28.3 Å². The first-order valence-electron chi connectivity index (χ1n) is 7.48. The van der Waals surface area contributed by atoms with Crippen LogP contribution in [0, 0.1) is 0 Å². The lowest BCUT2D eigenvalue weighted by atomic mass is 10.2. The summed E-state index contributed by atoms with van der Waals surface area (Å²) in [7, 11) is 1.60. The topological polar surface area (TPSA) is 99.0 Å². The number of aromatic nitrogens is 2. The van der Waals surface area contributed by atoms with Crippen molar-refractivity contribution in [1.82, 2.24) is 9.97 Å². The number of H-pyrrole nitrogens is 2. The Bertz CT molecular complexity index is 911. The first-order valence-corrected chi connectivity index (χ1v) is 7.48. The molecular weight excluding hydrogens is 308 g/mol. The maximum absolute atomic E-state index is 12.3. The third-order valence-corrected chi connectivity index (χ3v) is 3.65. The van der Waals surface area contributed by atoms with Crippen LogP contribution in [0.3, 0.4) is 0 Å². The quantitative estimate of drug-likeness (QED) is 0.578. The lowest BCUT2D eigenvalue weighted by Crippen LogP contribution is -2.31. The van der Waals surface area contributed by atoms with Crippen LogP contribution >= 0.6 is 0 Å². The lowest BCUT2D eigenvalue weighted by molar-refractivity contribution is -0.116. The van der Waals surface area contributed by atoms with E-state index in [0.29, 0.717) is 16.7 Å². The third kappa shape index (κ3) is 3.40. The van der Waals surface area contributed by atoms with Crippen LogP contribution in [0.25, 0.3) is 11.0 Å². The van der Waals surface area contributed by atoms with Gasteiger partial charge >= 0.3 is 5.69 Å². The SMILES string of the molecule is COc1ccc(N[C@H](C)C(=O)Nc2ccc3[nH]c(=O)[nH]c3c2)cc1. The Labute approximate surface area is 138 Å². The number of fused-ring (bicyclic) bond motifs is 1. The first kappa shape index (κ1) is 15.7. The molecule has 0 aliphatic rings. The molecule has 7 heteroatoms. The van der Waals surface area contributed by atoms with Gasteiger partial charge in [-0.25, -0.2) is 4.79 Å². The number of benzene rings is 2. The second kappa shape index (κ2) is 6.49. The second-order valence-corrected chi connectivity index (χ2v) is 5.42. The van der Waals surface area contributed by atoms with Crippen molar-refractivity contribution in [2.45, 2.75) is 13.0 Å². The van der Waals surface area contributed by atoms with Crippen molar-refractivity contribution in [2.75, 3.05) is 17.7 Å². The lowest BCUT2D eigenvalue weighted by Gasteiger charge is -2.15. The van der Waals surface area contributed by atoms with Crippen LogP contribution in [-0.2, 0) is 4.79 Å². The van der Waals surface area contributed by atoms with E-state index in [1.54, 1.807) is 32.2 Å². The van der Waals surface area contributed by atoms with Gasteiger partial charge in [0.05, 0.1) is 18.1 Å². The molecule has 2 aromatic carbocycles. The summed E-state index contributed by atoms with van der Waals surface area (Å²) >= 11 is 0. The van der Waals surface area contributed by atoms with Crippen molar-refractivity contribution in [3.05, 3.63) is 52.9 Å². The number of ether oxygens (including phenoxy) is 1. The van der Waals surface area contributed by atoms with Crippen molar-refractivity contribution in [2.24, 2.45) is 0 Å². The summed E-state index contributed by atoms with van der Waals surface area (Å²) < 4.78 is 5.10. The molecule has 0 fully saturated rings. The van der Waals surface area contributed by atoms with Gasteiger partial charge in [0.15, 0.2) is 0 Å². The highest BCUT2D eigenvalue weighted by atomic mass is 16.5. The largest absolute Gasteiger partial charge is 0.497 e. The molecule has 3 rings (SSSR count). The van der Waals surface area contributed by atoms with Gasteiger partial charge < -0.3 is 25.3 Å². The number of imidazole rings is 1. The third-order valence-electron chi connectivity index (χ3n) is 3.65. The maximum Gasteiger partial charge on any atom is 0.323 e. The van der Waals surface area contributed by atoms with Gasteiger partial charge in [0.1, 0.15) is 11.8 Å². The Hall–Kier alpha value is -3.22. The van der Waals surface area contributed by atoms with Crippen LogP contribution in [0.2, 0.25) is 0 Å². The summed E-state index contributed by atoms with van der Waals surface area (Å²) in [6.45, 7) is 1.77. The zero-order valence-electron chi connectivity index (χ0n) is 13.3. The highest BCUT2D eigenvalue weighted by Gasteiger charge is 2.13. The van der Waals surface area contributed by atoms with E-state index in [9.17, 15) is 9.59 Å². The summed E-state index contributed by atoms with van der Waals surface area (Å²) in [6.07, 6.45) is 0. The molecule has 0 aliphatic carbocycles. The smallest absolute Gasteiger partial charge is 0.323 e. The average molecular weight is 326 g/mol. The van der Waals surface area contributed by atoms with Crippen LogP contribution in [0.15, 0.2) is 47.3 Å². The maximum atomic E-state index is 12.3. The van der Waals surface area contributed by atoms with Gasteiger partial charge in [-0.05, 0) is 49.4 Å². The van der Waals surface area contributed by atoms with Gasteiger partial charge in [-0.1, -0.05) is 0 Å². The van der Waals surface area contributed by atoms with Gasteiger partial charge in [-0.15, -0.1) is 0 Å². The molecule has 0 unspecified atom stereocenters. The number of hydrogen-bond donors (Lipinski definition) is 4. The van der Waals surface area contributed by atoms with E-state index in [2.05, 4.69) is 20.6 Å². The highest BCUT2D eigenvalue weighted by molar-refractivity contribution is 5.97. The molecule has 3 aromatic rings. The molecule has 24 heavy (non-hydrogen) atoms. The van der Waals surface area contributed by atoms with Gasteiger partial charge in [0, 0.05) is 11.4 Å². The van der Waals surface area contributed by atoms with Crippen molar-refractivity contribution in [3.8, 4) is 5.75 Å². The van der Waals surface area contributed by atoms with Gasteiger partial charge in [0.2, 0.25) is 5.91 Å². The van der Waals surface area contributed by atoms with Crippen molar-refractivity contribution < 1.29 is 9.53 Å². The van der Waals surface area contributed by atoms with Gasteiger partial charge in [-0.3, -0.25) is 4.79 Å². The summed E-state index contributed by atoms with van der Waals surface area (Å²) in [6, 6.07) is 12.1. The Kier molecular flexibility index (Phi) is 4.24. The molecule has 0 spiro atoms. The van der Waals surface area contributed by atoms with Crippen molar-refractivity contribution in [3.63, 3.8) is 0 Å². The second-order valence-electron chi connectivity index (χ2n) is 5.42. The molecule has 4 N–H and O–H groups in total. The standard InChI is InChI=1S/C17H18N4O3/c1-10(18-11-3-6-13(24-2)7-4-11)16(22)19-12-5-8-14-15(9-12)21-17(23)20-14/h3-10,18H,1-2H3,(H,19,22)(H2,20,21,23)/t10-/m1/s1. The average Bonchev–Trinajstić information content (AvgIpc) is 2.94. The molecule has 7 nitrogen and oxygen atoms in total. The minimum Gasteiger partial charge on any atom is -0.497 e. The van der Waals surface area contributed by atoms with Crippen LogP contribution in [0.5, 0.6) is 5.75 Å². The summed E-state index contributed by atoms with van der Waals surface area (Å²) in [5.74, 6) is 0.578. The Morgan fingerprint density at radius 2 is 1.71 bits per heavy atom. The van der Waals surface area contributed by atoms with Gasteiger partial charge in [0.25, 0.3) is 0 Å². The Balaban J connectivity index is 1.66. The minimum absolute atomic E-state index is 0.178. The number of hydrogen-bond acceptors (Lipinski definition) is 4. The Morgan fingerprint density at radius 3 is 2.42 bits per heavy atom. The number of amides is 1. The number of carbonyl (C=O) groups excluding carboxylic acids is 1. The molecule has 0 saturated heterocycles. The fraction of sp³-hybridized carbons (Fsp3) is 0.176. The fourth-order valence-corrected chi connectivity index (χ4v) is 2.36. The summed E-state index contributed by atoms with van der Waals surface area (Å²) in [4.78, 5) is 28.9. The van der Waals surface area contributed by atoms with Crippen LogP contribution in [-0.4, -0.2) is 29.0 Å². The molecule has 0 radical (unpaired) electrons. The number of nitrogens with one attached hydrogen (secondary N) is 4. The van der Waals surface area contributed by atoms with E-state index in [0.717, 1.165) is 11.4 Å². The summed E-state index contributed by atoms with van der Waals surface area (Å²) in [5, 5.41) is 5.95. The van der Waals surface area contributed by atoms with Crippen molar-refractivity contribution in [1.29, 1.82) is 0 Å². The molecule has 0 aliphatic heterocycles. The van der Waals surface area contributed by atoms with E-state index < -0.39 is 6.04 Å². The van der Waals surface area contributed by atoms with Gasteiger partial charge in [-0.2, -0.15) is 0 Å². The van der Waals surface area contributed by atoms with E-state index in [4.69, 9.17) is 4.74 Å². The highest BCUT2D eigenvalue weighted by Crippen LogP contribution is 2.17. The number of rotatable bonds is 5. The number of methoxy groups -OCH3 is 1. The normalized spacial score (nSPS) is 11.9. The molecule has 1 atom stereocenters. The molecule has 1 heterocycles. The monoisotopic (exact) mass is 326 g/mol. The Morgan fingerprint density at radius 1 is 1.04 bits per heavy atom. The molecule has 0 bridgehead atoms. The van der Waals surface area contributed by atoms with E-state index in [1.807, 2.05) is 24.3 Å². The molecule has 1 aromatic heterocycles. The summed E-state index contributed by atoms with van der Waals surface area (Å²) in [5.41, 5.74) is 2.51. The van der Waals surface area contributed by atoms with E-state index in [1.165, 1.54) is 0 Å². The molecule has 124 valence electrons. The predicted octanol–water partition coefficient (Wildman–Crippen LogP) is 2.30. The van der Waals surface area contributed by atoms with Crippen LogP contribution < -0.4 is 21.1 Å². The van der Waals surface area contributed by atoms with Crippen LogP contribution in [0.1, 0.15) is 6.92 Å². The number of aromatic amines is 2. The zero-order valence-corrected chi connectivity index (χ0v) is 13.3. The molecule has 0 saturated carbocycles. The number of carbonyl (C=O) groups is 1. The zero-order chi connectivity index (χ0) is 17.1. The minimum atomic E-state index is -0.431. The first-order chi connectivity index (χ1) is 11.5. The fourth-order valence-electron chi connectivity index (χ4n) is 2.36. The predicted molar refractivity (Wildman–Crippen MR) is 93.6 cm³/mol. The molecule has 1 amide bonds. The molecular formula is C17H18N4O3. The number of anilines is 2.